The van der Waals surface area contributed by atoms with Crippen molar-refractivity contribution >= 4 is 0 Å². The summed E-state index contributed by atoms with van der Waals surface area (Å²) in [5.41, 5.74) is 4.26. The molecule has 7 nitrogen and oxygen atoms in total. The number of aromatic nitrogens is 4. The van der Waals surface area contributed by atoms with Crippen molar-refractivity contribution in [3.63, 3.8) is 0 Å². The minimum absolute atomic E-state index is 0.103. The fourth-order valence-electron chi connectivity index (χ4n) is 3.31. The standard InChI is InChI=1S/C25H21N5O2/c1-17-6-5-7-18(15-26)24(17)32-25-28-21(11-10-20-8-3-4-13-27-20)14-22(29-25)19-9-12-23(31)30(2)16-19/h3-9,12-14,16H,10-11H2,1-2H3. The molecule has 0 spiro atoms. The SMILES string of the molecule is Cc1cccc(C#N)c1Oc1nc(CCc2ccccn2)cc(-c2ccc(=O)n(C)c2)n1. The summed E-state index contributed by atoms with van der Waals surface area (Å²) in [7, 11) is 1.69. The van der Waals surface area contributed by atoms with Crippen molar-refractivity contribution in [2.24, 2.45) is 7.05 Å². The number of hydrogen-bond acceptors (Lipinski definition) is 6. The molecule has 0 atom stereocenters. The van der Waals surface area contributed by atoms with Gasteiger partial charge in [-0.15, -0.1) is 0 Å². The zero-order valence-corrected chi connectivity index (χ0v) is 17.8. The number of hydrogen-bond donors (Lipinski definition) is 0. The highest BCUT2D eigenvalue weighted by Crippen LogP contribution is 2.28. The minimum atomic E-state index is -0.103. The highest BCUT2D eigenvalue weighted by molar-refractivity contribution is 5.59. The summed E-state index contributed by atoms with van der Waals surface area (Å²) in [5, 5.41) is 9.46. The van der Waals surface area contributed by atoms with Crippen molar-refractivity contribution in [1.29, 1.82) is 5.26 Å². The summed E-state index contributed by atoms with van der Waals surface area (Å²) >= 11 is 0. The highest BCUT2D eigenvalue weighted by Gasteiger charge is 2.14. The van der Waals surface area contributed by atoms with Gasteiger partial charge in [0.05, 0.1) is 11.3 Å². The molecule has 0 aliphatic heterocycles. The number of pyridine rings is 2. The molecule has 1 aromatic carbocycles. The van der Waals surface area contributed by atoms with Gasteiger partial charge in [0.1, 0.15) is 6.07 Å². The second kappa shape index (κ2) is 9.23. The molecule has 3 heterocycles. The topological polar surface area (TPSA) is 93.7 Å². The van der Waals surface area contributed by atoms with Crippen LogP contribution in [0.3, 0.4) is 0 Å². The lowest BCUT2D eigenvalue weighted by Crippen LogP contribution is -2.14. The molecule has 158 valence electrons. The van der Waals surface area contributed by atoms with Crippen molar-refractivity contribution < 1.29 is 4.74 Å². The van der Waals surface area contributed by atoms with Gasteiger partial charge in [0.2, 0.25) is 5.56 Å². The van der Waals surface area contributed by atoms with E-state index < -0.39 is 0 Å². The normalized spacial score (nSPS) is 10.5. The van der Waals surface area contributed by atoms with E-state index in [1.165, 1.54) is 10.6 Å². The predicted octanol–water partition coefficient (Wildman–Crippen LogP) is 3.99. The third kappa shape index (κ3) is 4.71. The first-order valence-corrected chi connectivity index (χ1v) is 10.2. The van der Waals surface area contributed by atoms with Crippen LogP contribution in [0.25, 0.3) is 11.3 Å². The van der Waals surface area contributed by atoms with Crippen LogP contribution < -0.4 is 10.3 Å². The summed E-state index contributed by atoms with van der Waals surface area (Å²) in [5.74, 6) is 0.434. The summed E-state index contributed by atoms with van der Waals surface area (Å²) in [6.07, 6.45) is 4.83. The Bertz CT molecular complexity index is 1360. The molecule has 0 fully saturated rings. The number of rotatable bonds is 6. The molecule has 0 radical (unpaired) electrons. The fourth-order valence-corrected chi connectivity index (χ4v) is 3.31. The quantitative estimate of drug-likeness (QED) is 0.465. The molecule has 7 heteroatoms. The Kier molecular flexibility index (Phi) is 6.04. The van der Waals surface area contributed by atoms with E-state index in [9.17, 15) is 10.1 Å². The van der Waals surface area contributed by atoms with Gasteiger partial charge in [-0.05, 0) is 55.7 Å². The van der Waals surface area contributed by atoms with Crippen LogP contribution in [0.5, 0.6) is 11.8 Å². The lowest BCUT2D eigenvalue weighted by Gasteiger charge is -2.12. The van der Waals surface area contributed by atoms with Crippen LogP contribution in [0, 0.1) is 18.3 Å². The molecule has 0 aliphatic rings. The Balaban J connectivity index is 1.74. The summed E-state index contributed by atoms with van der Waals surface area (Å²) in [6, 6.07) is 18.6. The maximum atomic E-state index is 11.8. The third-order valence-corrected chi connectivity index (χ3v) is 5.03. The summed E-state index contributed by atoms with van der Waals surface area (Å²) in [4.78, 5) is 25.3. The number of ether oxygens (including phenoxy) is 1. The molecule has 0 saturated carbocycles. The number of nitriles is 1. The molecule has 0 bridgehead atoms. The average Bonchev–Trinajstić information content (AvgIpc) is 2.81. The van der Waals surface area contributed by atoms with E-state index in [4.69, 9.17) is 4.74 Å². The van der Waals surface area contributed by atoms with E-state index in [0.717, 1.165) is 22.5 Å². The fraction of sp³-hybridized carbons (Fsp3) is 0.160. The molecule has 0 N–H and O–H groups in total. The molecule has 3 aromatic heterocycles. The number of benzene rings is 1. The van der Waals surface area contributed by atoms with Crippen LogP contribution in [0.4, 0.5) is 0 Å². The Labute approximate surface area is 185 Å². The number of para-hydroxylation sites is 1. The van der Waals surface area contributed by atoms with Crippen LogP contribution in [0.1, 0.15) is 22.5 Å². The first-order chi connectivity index (χ1) is 15.5. The first-order valence-electron chi connectivity index (χ1n) is 10.2. The van der Waals surface area contributed by atoms with E-state index in [-0.39, 0.29) is 11.6 Å². The molecule has 4 rings (SSSR count). The molecule has 4 aromatic rings. The van der Waals surface area contributed by atoms with Crippen molar-refractivity contribution in [1.82, 2.24) is 19.5 Å². The second-order valence-corrected chi connectivity index (χ2v) is 7.38. The summed E-state index contributed by atoms with van der Waals surface area (Å²) in [6.45, 7) is 1.87. The predicted molar refractivity (Wildman–Crippen MR) is 120 cm³/mol. The van der Waals surface area contributed by atoms with Gasteiger partial charge < -0.3 is 9.30 Å². The van der Waals surface area contributed by atoms with Gasteiger partial charge in [-0.25, -0.2) is 0 Å². The smallest absolute Gasteiger partial charge is 0.322 e. The van der Waals surface area contributed by atoms with Gasteiger partial charge in [0.25, 0.3) is 0 Å². The van der Waals surface area contributed by atoms with Crippen molar-refractivity contribution in [2.45, 2.75) is 19.8 Å². The van der Waals surface area contributed by atoms with Gasteiger partial charge in [0, 0.05) is 42.5 Å². The van der Waals surface area contributed by atoms with Crippen LogP contribution in [-0.2, 0) is 19.9 Å². The van der Waals surface area contributed by atoms with E-state index >= 15 is 0 Å². The number of nitrogens with zero attached hydrogens (tertiary/aromatic N) is 5. The zero-order chi connectivity index (χ0) is 22.5. The van der Waals surface area contributed by atoms with Gasteiger partial charge >= 0.3 is 6.01 Å². The van der Waals surface area contributed by atoms with E-state index in [0.29, 0.717) is 29.8 Å². The molecular formula is C25H21N5O2. The molecular weight excluding hydrogens is 402 g/mol. The Morgan fingerprint density at radius 2 is 1.88 bits per heavy atom. The Morgan fingerprint density at radius 3 is 2.62 bits per heavy atom. The van der Waals surface area contributed by atoms with Gasteiger partial charge in [-0.1, -0.05) is 18.2 Å². The first kappa shape index (κ1) is 20.9. The van der Waals surface area contributed by atoms with E-state index in [1.807, 2.05) is 37.3 Å². The van der Waals surface area contributed by atoms with E-state index in [2.05, 4.69) is 21.0 Å². The van der Waals surface area contributed by atoms with Crippen LogP contribution >= 0.6 is 0 Å². The molecule has 0 amide bonds. The van der Waals surface area contributed by atoms with E-state index in [1.54, 1.807) is 37.6 Å². The zero-order valence-electron chi connectivity index (χ0n) is 17.8. The largest absolute Gasteiger partial charge is 0.423 e. The van der Waals surface area contributed by atoms with Crippen molar-refractivity contribution in [3.8, 4) is 29.1 Å². The maximum absolute atomic E-state index is 11.8. The Morgan fingerprint density at radius 1 is 1.03 bits per heavy atom. The maximum Gasteiger partial charge on any atom is 0.322 e. The lowest BCUT2D eigenvalue weighted by atomic mass is 10.1. The lowest BCUT2D eigenvalue weighted by molar-refractivity contribution is 0.435. The van der Waals surface area contributed by atoms with Crippen LogP contribution in [-0.4, -0.2) is 19.5 Å². The Hall–Kier alpha value is -4.31. The van der Waals surface area contributed by atoms with Crippen LogP contribution in [0.15, 0.2) is 71.8 Å². The van der Waals surface area contributed by atoms with Crippen molar-refractivity contribution in [3.05, 3.63) is 99.9 Å². The molecule has 32 heavy (non-hydrogen) atoms. The van der Waals surface area contributed by atoms with Crippen LogP contribution in [0.2, 0.25) is 0 Å². The van der Waals surface area contributed by atoms with Gasteiger partial charge in [-0.2, -0.15) is 15.2 Å². The minimum Gasteiger partial charge on any atom is -0.423 e. The van der Waals surface area contributed by atoms with Crippen molar-refractivity contribution in [2.75, 3.05) is 0 Å². The molecule has 0 saturated heterocycles. The monoisotopic (exact) mass is 423 g/mol. The number of aryl methyl sites for hydroxylation is 4. The van der Waals surface area contributed by atoms with Gasteiger partial charge in [0.15, 0.2) is 5.75 Å². The van der Waals surface area contributed by atoms with Gasteiger partial charge in [-0.3, -0.25) is 9.78 Å². The molecule has 0 aliphatic carbocycles. The third-order valence-electron chi connectivity index (χ3n) is 5.03. The summed E-state index contributed by atoms with van der Waals surface area (Å²) < 4.78 is 7.51. The average molecular weight is 423 g/mol. The highest BCUT2D eigenvalue weighted by atomic mass is 16.5. The molecule has 0 unspecified atom stereocenters. The second-order valence-electron chi connectivity index (χ2n) is 7.38.